The lowest BCUT2D eigenvalue weighted by Crippen LogP contribution is -2.46. The van der Waals surface area contributed by atoms with Crippen LogP contribution in [0.15, 0.2) is 4.99 Å². The number of methoxy groups -OCH3 is 1. The van der Waals surface area contributed by atoms with E-state index < -0.39 is 0 Å². The van der Waals surface area contributed by atoms with Crippen LogP contribution in [-0.4, -0.2) is 76.4 Å². The number of nitrogens with zero attached hydrogens (tertiary/aromatic N) is 2. The van der Waals surface area contributed by atoms with Gasteiger partial charge in [-0.05, 0) is 27.2 Å². The molecule has 0 bridgehead atoms. The molecule has 0 aliphatic heterocycles. The van der Waals surface area contributed by atoms with Gasteiger partial charge in [-0.25, -0.2) is 4.99 Å². The lowest BCUT2D eigenvalue weighted by atomic mass is 10.1. The largest absolute Gasteiger partial charge is 0.382 e. The number of carbonyl (C=O) groups is 1. The van der Waals surface area contributed by atoms with Crippen molar-refractivity contribution in [3.05, 3.63) is 0 Å². The summed E-state index contributed by atoms with van der Waals surface area (Å²) in [6, 6.07) is 0. The minimum Gasteiger partial charge on any atom is -0.382 e. The summed E-state index contributed by atoms with van der Waals surface area (Å²) in [6.07, 6.45) is 0.879. The number of rotatable bonds is 10. The van der Waals surface area contributed by atoms with E-state index in [9.17, 15) is 4.79 Å². The van der Waals surface area contributed by atoms with E-state index in [0.717, 1.165) is 19.6 Å². The number of carbonyl (C=O) groups excluding carboxylic acids is 1. The molecule has 1 amide bonds. The van der Waals surface area contributed by atoms with Crippen LogP contribution in [0.1, 0.15) is 27.2 Å². The second-order valence-corrected chi connectivity index (χ2v) is 5.75. The Morgan fingerprint density at radius 1 is 1.26 bits per heavy atom. The molecule has 0 fully saturated rings. The summed E-state index contributed by atoms with van der Waals surface area (Å²) >= 11 is 0. The Morgan fingerprint density at radius 2 is 1.91 bits per heavy atom. The molecule has 2 N–H and O–H groups in total. The van der Waals surface area contributed by atoms with E-state index in [1.165, 1.54) is 4.90 Å². The molecule has 0 atom stereocenters. The van der Waals surface area contributed by atoms with Crippen LogP contribution in [-0.2, 0) is 14.3 Å². The summed E-state index contributed by atoms with van der Waals surface area (Å²) < 4.78 is 10.7. The van der Waals surface area contributed by atoms with Gasteiger partial charge in [0.2, 0.25) is 5.91 Å². The SMILES string of the molecule is CCOCCCNC(=NCC(=O)N(C)C)NCC(C)(C)OC.I. The van der Waals surface area contributed by atoms with Gasteiger partial charge in [0, 0.05) is 47.5 Å². The zero-order valence-corrected chi connectivity index (χ0v) is 17.6. The maximum atomic E-state index is 11.6. The number of nitrogens with one attached hydrogen (secondary N) is 2. The van der Waals surface area contributed by atoms with Crippen LogP contribution >= 0.6 is 24.0 Å². The summed E-state index contributed by atoms with van der Waals surface area (Å²) in [4.78, 5) is 17.5. The van der Waals surface area contributed by atoms with Crippen LogP contribution in [0.2, 0.25) is 0 Å². The molecule has 138 valence electrons. The van der Waals surface area contributed by atoms with E-state index in [4.69, 9.17) is 9.47 Å². The molecule has 0 rings (SSSR count). The van der Waals surface area contributed by atoms with Gasteiger partial charge in [0.25, 0.3) is 0 Å². The fourth-order valence-corrected chi connectivity index (χ4v) is 1.36. The molecule has 0 radical (unpaired) electrons. The molecule has 0 saturated carbocycles. The fourth-order valence-electron chi connectivity index (χ4n) is 1.36. The van der Waals surface area contributed by atoms with E-state index >= 15 is 0 Å². The molecule has 0 aliphatic carbocycles. The molecule has 0 unspecified atom stereocenters. The number of likely N-dealkylation sites (N-methyl/N-ethyl adjacent to an activating group) is 1. The molecule has 0 heterocycles. The van der Waals surface area contributed by atoms with Crippen LogP contribution < -0.4 is 10.6 Å². The average molecular weight is 444 g/mol. The van der Waals surface area contributed by atoms with Gasteiger partial charge in [-0.2, -0.15) is 0 Å². The van der Waals surface area contributed by atoms with Crippen molar-refractivity contribution in [3.63, 3.8) is 0 Å². The van der Waals surface area contributed by atoms with E-state index in [-0.39, 0.29) is 42.0 Å². The minimum atomic E-state index is -0.306. The van der Waals surface area contributed by atoms with Gasteiger partial charge < -0.3 is 25.0 Å². The molecule has 7 nitrogen and oxygen atoms in total. The highest BCUT2D eigenvalue weighted by Gasteiger charge is 2.16. The first-order chi connectivity index (χ1) is 10.3. The summed E-state index contributed by atoms with van der Waals surface area (Å²) in [5, 5.41) is 6.40. The van der Waals surface area contributed by atoms with Crippen molar-refractivity contribution in [2.24, 2.45) is 4.99 Å². The number of guanidine groups is 1. The van der Waals surface area contributed by atoms with E-state index in [1.807, 2.05) is 20.8 Å². The van der Waals surface area contributed by atoms with Gasteiger partial charge in [-0.1, -0.05) is 0 Å². The lowest BCUT2D eigenvalue weighted by molar-refractivity contribution is -0.127. The first kappa shape index (κ1) is 24.6. The van der Waals surface area contributed by atoms with Crippen molar-refractivity contribution in [1.82, 2.24) is 15.5 Å². The lowest BCUT2D eigenvalue weighted by Gasteiger charge is -2.24. The monoisotopic (exact) mass is 444 g/mol. The van der Waals surface area contributed by atoms with E-state index in [1.54, 1.807) is 21.2 Å². The maximum absolute atomic E-state index is 11.6. The molecule has 0 aromatic carbocycles. The zero-order valence-electron chi connectivity index (χ0n) is 15.3. The van der Waals surface area contributed by atoms with Crippen molar-refractivity contribution in [3.8, 4) is 0 Å². The van der Waals surface area contributed by atoms with Gasteiger partial charge in [0.15, 0.2) is 5.96 Å². The molecule has 0 aromatic heterocycles. The molecule has 0 aromatic rings. The van der Waals surface area contributed by atoms with Gasteiger partial charge in [0.1, 0.15) is 6.54 Å². The van der Waals surface area contributed by atoms with Crippen molar-refractivity contribution in [2.45, 2.75) is 32.8 Å². The second-order valence-electron chi connectivity index (χ2n) is 5.75. The molecule has 0 saturated heterocycles. The predicted molar refractivity (Wildman–Crippen MR) is 105 cm³/mol. The van der Waals surface area contributed by atoms with Crippen molar-refractivity contribution in [1.29, 1.82) is 0 Å². The van der Waals surface area contributed by atoms with Crippen LogP contribution in [0, 0.1) is 0 Å². The number of hydrogen-bond acceptors (Lipinski definition) is 4. The molecule has 0 spiro atoms. The molecule has 23 heavy (non-hydrogen) atoms. The van der Waals surface area contributed by atoms with Gasteiger partial charge >= 0.3 is 0 Å². The average Bonchev–Trinajstić information content (AvgIpc) is 2.48. The maximum Gasteiger partial charge on any atom is 0.243 e. The third kappa shape index (κ3) is 13.5. The summed E-state index contributed by atoms with van der Waals surface area (Å²) in [5.41, 5.74) is -0.306. The first-order valence-electron chi connectivity index (χ1n) is 7.67. The number of amides is 1. The highest BCUT2D eigenvalue weighted by Crippen LogP contribution is 2.04. The van der Waals surface area contributed by atoms with Crippen LogP contribution in [0.25, 0.3) is 0 Å². The van der Waals surface area contributed by atoms with E-state index in [0.29, 0.717) is 19.1 Å². The molecule has 0 aliphatic rings. The second kappa shape index (κ2) is 13.8. The zero-order chi connectivity index (χ0) is 17.0. The number of aliphatic imine (C=N–C) groups is 1. The third-order valence-corrected chi connectivity index (χ3v) is 3.07. The van der Waals surface area contributed by atoms with Crippen molar-refractivity contribution in [2.75, 3.05) is 54.1 Å². The highest BCUT2D eigenvalue weighted by atomic mass is 127. The summed E-state index contributed by atoms with van der Waals surface area (Å²) in [7, 11) is 5.10. The van der Waals surface area contributed by atoms with Gasteiger partial charge in [-0.15, -0.1) is 24.0 Å². The van der Waals surface area contributed by atoms with E-state index in [2.05, 4.69) is 15.6 Å². The Morgan fingerprint density at radius 3 is 2.43 bits per heavy atom. The van der Waals surface area contributed by atoms with Crippen LogP contribution in [0.3, 0.4) is 0 Å². The molecular formula is C15H33IN4O3. The van der Waals surface area contributed by atoms with Crippen LogP contribution in [0.4, 0.5) is 0 Å². The Balaban J connectivity index is 0. The summed E-state index contributed by atoms with van der Waals surface area (Å²) in [5.74, 6) is 0.568. The fraction of sp³-hybridized carbons (Fsp3) is 0.867. The number of hydrogen-bond donors (Lipinski definition) is 2. The molecular weight excluding hydrogens is 411 g/mol. The van der Waals surface area contributed by atoms with Crippen molar-refractivity contribution < 1.29 is 14.3 Å². The summed E-state index contributed by atoms with van der Waals surface area (Å²) in [6.45, 7) is 8.81. The molecule has 8 heteroatoms. The van der Waals surface area contributed by atoms with Gasteiger partial charge in [0.05, 0.1) is 5.60 Å². The topological polar surface area (TPSA) is 75.2 Å². The first-order valence-corrected chi connectivity index (χ1v) is 7.67. The Bertz CT molecular complexity index is 350. The third-order valence-electron chi connectivity index (χ3n) is 3.07. The minimum absolute atomic E-state index is 0. The van der Waals surface area contributed by atoms with Crippen LogP contribution in [0.5, 0.6) is 0 Å². The predicted octanol–water partition coefficient (Wildman–Crippen LogP) is 1.08. The van der Waals surface area contributed by atoms with Crippen molar-refractivity contribution >= 4 is 35.8 Å². The smallest absolute Gasteiger partial charge is 0.243 e. The number of ether oxygens (including phenoxy) is 2. The Kier molecular flexibility index (Phi) is 14.8. The quantitative estimate of drug-likeness (QED) is 0.228. The Hall–Kier alpha value is -0.610. The number of halogens is 1. The standard InChI is InChI=1S/C15H32N4O3.HI/c1-7-22-10-8-9-16-14(17-11-13(20)19(4)5)18-12-15(2,3)21-6;/h7-12H2,1-6H3,(H2,16,17,18);1H. The normalized spacial score (nSPS) is 11.7. The Labute approximate surface area is 157 Å². The highest BCUT2D eigenvalue weighted by molar-refractivity contribution is 14.0. The van der Waals surface area contributed by atoms with Gasteiger partial charge in [-0.3, -0.25) is 4.79 Å².